The molecule has 3 heteroatoms. The summed E-state index contributed by atoms with van der Waals surface area (Å²) in [5.74, 6) is 1.23. The van der Waals surface area contributed by atoms with Crippen LogP contribution in [-0.4, -0.2) is 31.1 Å². The van der Waals surface area contributed by atoms with E-state index in [1.54, 1.807) is 0 Å². The predicted molar refractivity (Wildman–Crippen MR) is 89.2 cm³/mol. The van der Waals surface area contributed by atoms with E-state index >= 15 is 0 Å². The number of hydrogen-bond donors (Lipinski definition) is 1. The number of para-hydroxylation sites is 1. The minimum Gasteiger partial charge on any atom is -0.367 e. The Kier molecular flexibility index (Phi) is 8.76. The predicted octanol–water partition coefficient (Wildman–Crippen LogP) is 3.76. The van der Waals surface area contributed by atoms with Crippen LogP contribution in [0, 0.1) is 0 Å². The summed E-state index contributed by atoms with van der Waals surface area (Å²) >= 11 is 1.92. The van der Waals surface area contributed by atoms with Gasteiger partial charge in [-0.25, -0.2) is 0 Å². The summed E-state index contributed by atoms with van der Waals surface area (Å²) in [4.78, 5) is 2.50. The summed E-state index contributed by atoms with van der Waals surface area (Å²) in [7, 11) is 0. The van der Waals surface area contributed by atoms with Gasteiger partial charge >= 0.3 is 0 Å². The molecule has 0 amide bonds. The standard InChI is InChI=1S/C16H28N2S/c1-3-4-12-18(15-9-6-5-7-10-15)16(14-17)11-8-13-19-2/h5-7,9-10,16H,3-4,8,11-14,17H2,1-2H3. The van der Waals surface area contributed by atoms with Crippen molar-refractivity contribution in [3.05, 3.63) is 30.3 Å². The normalized spacial score (nSPS) is 12.4. The minimum atomic E-state index is 0.473. The van der Waals surface area contributed by atoms with Crippen LogP contribution in [0.3, 0.4) is 0 Å². The number of rotatable bonds is 10. The molecule has 19 heavy (non-hydrogen) atoms. The van der Waals surface area contributed by atoms with Crippen molar-refractivity contribution in [2.45, 2.75) is 38.6 Å². The Morgan fingerprint density at radius 1 is 1.21 bits per heavy atom. The highest BCUT2D eigenvalue weighted by Gasteiger charge is 2.16. The summed E-state index contributed by atoms with van der Waals surface area (Å²) in [5, 5.41) is 0. The van der Waals surface area contributed by atoms with Crippen LogP contribution in [0.25, 0.3) is 0 Å². The Balaban J connectivity index is 2.70. The van der Waals surface area contributed by atoms with Crippen LogP contribution >= 0.6 is 11.8 Å². The largest absolute Gasteiger partial charge is 0.367 e. The molecule has 0 saturated heterocycles. The van der Waals surface area contributed by atoms with Crippen molar-refractivity contribution in [2.75, 3.05) is 30.0 Å². The summed E-state index contributed by atoms with van der Waals surface area (Å²) < 4.78 is 0. The SMILES string of the molecule is CCCCN(c1ccccc1)C(CN)CCCSC. The van der Waals surface area contributed by atoms with Gasteiger partial charge in [0.1, 0.15) is 0 Å². The number of nitrogens with zero attached hydrogens (tertiary/aromatic N) is 1. The fraction of sp³-hybridized carbons (Fsp3) is 0.625. The Morgan fingerprint density at radius 3 is 2.53 bits per heavy atom. The third-order valence-electron chi connectivity index (χ3n) is 3.44. The van der Waals surface area contributed by atoms with Crippen LogP contribution in [0.1, 0.15) is 32.6 Å². The molecule has 1 unspecified atom stereocenters. The molecule has 1 aromatic carbocycles. The molecule has 0 bridgehead atoms. The molecule has 0 radical (unpaired) electrons. The topological polar surface area (TPSA) is 29.3 Å². The third kappa shape index (κ3) is 5.87. The average molecular weight is 280 g/mol. The molecular formula is C16H28N2S. The van der Waals surface area contributed by atoms with Gasteiger partial charge in [-0.05, 0) is 43.4 Å². The third-order valence-corrected chi connectivity index (χ3v) is 4.14. The molecule has 2 nitrogen and oxygen atoms in total. The van der Waals surface area contributed by atoms with Gasteiger partial charge in [0.2, 0.25) is 0 Å². The van der Waals surface area contributed by atoms with Crippen molar-refractivity contribution in [2.24, 2.45) is 5.73 Å². The van der Waals surface area contributed by atoms with Gasteiger partial charge in [0, 0.05) is 24.8 Å². The number of nitrogens with two attached hydrogens (primary N) is 1. The molecular weight excluding hydrogens is 252 g/mol. The van der Waals surface area contributed by atoms with E-state index in [0.717, 1.165) is 13.1 Å². The van der Waals surface area contributed by atoms with Crippen molar-refractivity contribution in [3.8, 4) is 0 Å². The van der Waals surface area contributed by atoms with Crippen LogP contribution in [-0.2, 0) is 0 Å². The highest BCUT2D eigenvalue weighted by Crippen LogP contribution is 2.20. The van der Waals surface area contributed by atoms with Crippen LogP contribution in [0.2, 0.25) is 0 Å². The Hall–Kier alpha value is -0.670. The van der Waals surface area contributed by atoms with Gasteiger partial charge in [0.15, 0.2) is 0 Å². The van der Waals surface area contributed by atoms with Crippen LogP contribution in [0.5, 0.6) is 0 Å². The van der Waals surface area contributed by atoms with E-state index in [9.17, 15) is 0 Å². The lowest BCUT2D eigenvalue weighted by atomic mass is 10.1. The minimum absolute atomic E-state index is 0.473. The number of anilines is 1. The Morgan fingerprint density at radius 2 is 1.95 bits per heavy atom. The van der Waals surface area contributed by atoms with Crippen molar-refractivity contribution in [3.63, 3.8) is 0 Å². The number of thioether (sulfide) groups is 1. The summed E-state index contributed by atoms with van der Waals surface area (Å²) in [6, 6.07) is 11.2. The molecule has 0 heterocycles. The summed E-state index contributed by atoms with van der Waals surface area (Å²) in [6.45, 7) is 4.10. The van der Waals surface area contributed by atoms with E-state index < -0.39 is 0 Å². The lowest BCUT2D eigenvalue weighted by Gasteiger charge is -2.33. The zero-order valence-corrected chi connectivity index (χ0v) is 13.2. The maximum atomic E-state index is 6.02. The molecule has 0 aromatic heterocycles. The van der Waals surface area contributed by atoms with Crippen molar-refractivity contribution < 1.29 is 0 Å². The molecule has 0 fully saturated rings. The zero-order valence-electron chi connectivity index (χ0n) is 12.3. The second kappa shape index (κ2) is 10.2. The molecule has 0 aliphatic heterocycles. The van der Waals surface area contributed by atoms with Gasteiger partial charge < -0.3 is 10.6 Å². The van der Waals surface area contributed by atoms with Gasteiger partial charge in [-0.2, -0.15) is 11.8 Å². The Labute approximate surface area is 122 Å². The van der Waals surface area contributed by atoms with Gasteiger partial charge in [-0.3, -0.25) is 0 Å². The van der Waals surface area contributed by atoms with E-state index in [-0.39, 0.29) is 0 Å². The van der Waals surface area contributed by atoms with Crippen LogP contribution in [0.4, 0.5) is 5.69 Å². The lowest BCUT2D eigenvalue weighted by Crippen LogP contribution is -2.41. The second-order valence-electron chi connectivity index (χ2n) is 4.91. The fourth-order valence-corrected chi connectivity index (χ4v) is 2.79. The highest BCUT2D eigenvalue weighted by atomic mass is 32.2. The molecule has 1 atom stereocenters. The molecule has 0 saturated carbocycles. The molecule has 1 aromatic rings. The average Bonchev–Trinajstić information content (AvgIpc) is 2.47. The Bertz CT molecular complexity index is 316. The smallest absolute Gasteiger partial charge is 0.0412 e. The number of unbranched alkanes of at least 4 members (excludes halogenated alkanes) is 1. The first-order valence-electron chi connectivity index (χ1n) is 7.34. The highest BCUT2D eigenvalue weighted by molar-refractivity contribution is 7.98. The van der Waals surface area contributed by atoms with Crippen LogP contribution < -0.4 is 10.6 Å². The van der Waals surface area contributed by atoms with Gasteiger partial charge in [-0.15, -0.1) is 0 Å². The molecule has 1 rings (SSSR count). The fourth-order valence-electron chi connectivity index (χ4n) is 2.33. The number of benzene rings is 1. The first-order chi connectivity index (χ1) is 9.33. The van der Waals surface area contributed by atoms with Gasteiger partial charge in [-0.1, -0.05) is 31.5 Å². The molecule has 0 spiro atoms. The first-order valence-corrected chi connectivity index (χ1v) is 8.73. The van der Waals surface area contributed by atoms with Crippen molar-refractivity contribution in [1.82, 2.24) is 0 Å². The summed E-state index contributed by atoms with van der Waals surface area (Å²) in [5.41, 5.74) is 7.33. The lowest BCUT2D eigenvalue weighted by molar-refractivity contribution is 0.541. The van der Waals surface area contributed by atoms with Crippen molar-refractivity contribution >= 4 is 17.4 Å². The van der Waals surface area contributed by atoms with E-state index in [0.29, 0.717) is 6.04 Å². The molecule has 108 valence electrons. The van der Waals surface area contributed by atoms with Crippen molar-refractivity contribution in [1.29, 1.82) is 0 Å². The first kappa shape index (κ1) is 16.4. The molecule has 2 N–H and O–H groups in total. The van der Waals surface area contributed by atoms with Gasteiger partial charge in [0.05, 0.1) is 0 Å². The van der Waals surface area contributed by atoms with E-state index in [1.807, 2.05) is 11.8 Å². The number of hydrogen-bond acceptors (Lipinski definition) is 3. The monoisotopic (exact) mass is 280 g/mol. The van der Waals surface area contributed by atoms with Gasteiger partial charge in [0.25, 0.3) is 0 Å². The summed E-state index contributed by atoms with van der Waals surface area (Å²) in [6.07, 6.45) is 7.07. The maximum absolute atomic E-state index is 6.02. The quantitative estimate of drug-likeness (QED) is 0.662. The van der Waals surface area contributed by atoms with Crippen LogP contribution in [0.15, 0.2) is 30.3 Å². The zero-order chi connectivity index (χ0) is 13.9. The molecule has 0 aliphatic rings. The van der Waals surface area contributed by atoms with E-state index in [2.05, 4.69) is 48.4 Å². The molecule has 0 aliphatic carbocycles. The van der Waals surface area contributed by atoms with E-state index in [1.165, 1.54) is 37.1 Å². The maximum Gasteiger partial charge on any atom is 0.0412 e. The van der Waals surface area contributed by atoms with E-state index in [4.69, 9.17) is 5.73 Å². The second-order valence-corrected chi connectivity index (χ2v) is 5.89.